The Hall–Kier alpha value is -1.88. The summed E-state index contributed by atoms with van der Waals surface area (Å²) < 4.78 is 5.44. The van der Waals surface area contributed by atoms with Crippen molar-refractivity contribution in [2.75, 3.05) is 26.2 Å². The molecule has 0 radical (unpaired) electrons. The summed E-state index contributed by atoms with van der Waals surface area (Å²) in [5.41, 5.74) is 0.551. The number of nitrogens with zero attached hydrogens (tertiary/aromatic N) is 1. The summed E-state index contributed by atoms with van der Waals surface area (Å²) in [5.74, 6) is -0.163. The fourth-order valence-electron chi connectivity index (χ4n) is 3.87. The number of ether oxygens (including phenoxy) is 1. The van der Waals surface area contributed by atoms with E-state index in [1.807, 2.05) is 6.07 Å². The van der Waals surface area contributed by atoms with E-state index in [1.54, 1.807) is 24.3 Å². The molecule has 130 valence electrons. The fraction of sp³-hybridized carbons (Fsp3) is 0.579. The Kier molecular flexibility index (Phi) is 5.86. The van der Waals surface area contributed by atoms with Gasteiger partial charge in [-0.3, -0.25) is 14.5 Å². The predicted octanol–water partition coefficient (Wildman–Crippen LogP) is 2.22. The van der Waals surface area contributed by atoms with E-state index in [1.165, 1.54) is 38.8 Å². The largest absolute Gasteiger partial charge is 0.464 e. The van der Waals surface area contributed by atoms with Gasteiger partial charge in [0.05, 0.1) is 6.61 Å². The monoisotopic (exact) mass is 330 g/mol. The minimum absolute atomic E-state index is 0.0746. The predicted molar refractivity (Wildman–Crippen MR) is 91.7 cm³/mol. The topological polar surface area (TPSA) is 58.6 Å². The molecular weight excluding hydrogens is 304 g/mol. The van der Waals surface area contributed by atoms with E-state index in [9.17, 15) is 9.59 Å². The first-order valence-electron chi connectivity index (χ1n) is 8.97. The van der Waals surface area contributed by atoms with Gasteiger partial charge in [0.15, 0.2) is 0 Å². The zero-order valence-electron chi connectivity index (χ0n) is 14.1. The van der Waals surface area contributed by atoms with E-state index < -0.39 is 0 Å². The molecule has 5 heteroatoms. The van der Waals surface area contributed by atoms with Crippen LogP contribution in [-0.2, 0) is 9.53 Å². The summed E-state index contributed by atoms with van der Waals surface area (Å²) in [4.78, 5) is 26.4. The molecule has 1 amide bonds. The molecule has 1 aromatic carbocycles. The molecule has 5 nitrogen and oxygen atoms in total. The van der Waals surface area contributed by atoms with Gasteiger partial charge in [-0.05, 0) is 50.9 Å². The molecule has 0 saturated carbocycles. The van der Waals surface area contributed by atoms with Gasteiger partial charge in [-0.2, -0.15) is 0 Å². The molecule has 2 atom stereocenters. The lowest BCUT2D eigenvalue weighted by atomic mass is 9.84. The third-order valence-corrected chi connectivity index (χ3v) is 5.12. The summed E-state index contributed by atoms with van der Waals surface area (Å²) in [6, 6.07) is 9.46. The smallest absolute Gasteiger partial charge is 0.325 e. The standard InChI is InChI=1S/C19H26N2O3/c22-18(13-20-19(23)15-7-2-1-3-8-15)24-14-16-9-6-12-21-11-5-4-10-17(16)21/h1-3,7-8,16-17H,4-6,9-14H2,(H,20,23)/t16-,17-/m0/s1. The van der Waals surface area contributed by atoms with Crippen LogP contribution in [0.5, 0.6) is 0 Å². The molecule has 0 aromatic heterocycles. The molecule has 2 aliphatic heterocycles. The number of esters is 1. The molecule has 2 heterocycles. The van der Waals surface area contributed by atoms with Crippen molar-refractivity contribution in [3.8, 4) is 0 Å². The van der Waals surface area contributed by atoms with Crippen LogP contribution in [0, 0.1) is 5.92 Å². The van der Waals surface area contributed by atoms with Crippen LogP contribution in [0.15, 0.2) is 30.3 Å². The molecule has 0 aliphatic carbocycles. The maximum atomic E-state index is 11.9. The third kappa shape index (κ3) is 4.35. The lowest BCUT2D eigenvalue weighted by Crippen LogP contribution is -2.49. The first-order chi connectivity index (χ1) is 11.7. The Morgan fingerprint density at radius 1 is 1.08 bits per heavy atom. The van der Waals surface area contributed by atoms with E-state index in [-0.39, 0.29) is 18.4 Å². The van der Waals surface area contributed by atoms with E-state index in [0.717, 1.165) is 6.42 Å². The highest BCUT2D eigenvalue weighted by atomic mass is 16.5. The summed E-state index contributed by atoms with van der Waals surface area (Å²) in [6.45, 7) is 2.76. The minimum Gasteiger partial charge on any atom is -0.464 e. The van der Waals surface area contributed by atoms with Gasteiger partial charge in [-0.25, -0.2) is 0 Å². The van der Waals surface area contributed by atoms with Gasteiger partial charge < -0.3 is 10.1 Å². The average molecular weight is 330 g/mol. The number of hydrogen-bond donors (Lipinski definition) is 1. The zero-order valence-corrected chi connectivity index (χ0v) is 14.1. The van der Waals surface area contributed by atoms with Crippen molar-refractivity contribution < 1.29 is 14.3 Å². The zero-order chi connectivity index (χ0) is 16.8. The highest BCUT2D eigenvalue weighted by Crippen LogP contribution is 2.30. The quantitative estimate of drug-likeness (QED) is 0.841. The van der Waals surface area contributed by atoms with Crippen LogP contribution in [0.4, 0.5) is 0 Å². The van der Waals surface area contributed by atoms with Crippen LogP contribution in [0.3, 0.4) is 0 Å². The van der Waals surface area contributed by atoms with Crippen molar-refractivity contribution in [2.45, 2.75) is 38.1 Å². The Balaban J connectivity index is 1.41. The molecule has 0 bridgehead atoms. The minimum atomic E-state index is -0.354. The molecule has 2 fully saturated rings. The van der Waals surface area contributed by atoms with Gasteiger partial charge in [0.2, 0.25) is 0 Å². The molecule has 1 N–H and O–H groups in total. The SMILES string of the molecule is O=C(CNC(=O)c1ccccc1)OC[C@@H]1CCCN2CCCC[C@@H]12. The second-order valence-electron chi connectivity index (χ2n) is 6.73. The molecule has 0 unspecified atom stereocenters. The maximum absolute atomic E-state index is 11.9. The van der Waals surface area contributed by atoms with Gasteiger partial charge in [0.1, 0.15) is 6.54 Å². The highest BCUT2D eigenvalue weighted by molar-refractivity contribution is 5.95. The molecular formula is C19H26N2O3. The Labute approximate surface area is 143 Å². The first-order valence-corrected chi connectivity index (χ1v) is 8.97. The maximum Gasteiger partial charge on any atom is 0.325 e. The lowest BCUT2D eigenvalue weighted by molar-refractivity contribution is -0.145. The number of nitrogens with one attached hydrogen (secondary N) is 1. The second kappa shape index (κ2) is 8.29. The number of amides is 1. The van der Waals surface area contributed by atoms with Gasteiger partial charge in [-0.1, -0.05) is 24.6 Å². The summed E-state index contributed by atoms with van der Waals surface area (Å²) >= 11 is 0. The van der Waals surface area contributed by atoms with Crippen LogP contribution in [0.25, 0.3) is 0 Å². The van der Waals surface area contributed by atoms with Crippen molar-refractivity contribution in [1.82, 2.24) is 10.2 Å². The Morgan fingerprint density at radius 3 is 2.71 bits per heavy atom. The second-order valence-corrected chi connectivity index (χ2v) is 6.73. The molecule has 24 heavy (non-hydrogen) atoms. The number of hydrogen-bond acceptors (Lipinski definition) is 4. The van der Waals surface area contributed by atoms with Crippen LogP contribution in [0.2, 0.25) is 0 Å². The molecule has 3 rings (SSSR count). The van der Waals surface area contributed by atoms with Crippen LogP contribution < -0.4 is 5.32 Å². The van der Waals surface area contributed by atoms with Crippen molar-refractivity contribution in [2.24, 2.45) is 5.92 Å². The fourth-order valence-corrected chi connectivity index (χ4v) is 3.87. The first kappa shape index (κ1) is 17.0. The normalized spacial score (nSPS) is 24.0. The van der Waals surface area contributed by atoms with Crippen molar-refractivity contribution in [1.29, 1.82) is 0 Å². The van der Waals surface area contributed by atoms with Crippen LogP contribution >= 0.6 is 0 Å². The molecule has 2 aliphatic rings. The van der Waals surface area contributed by atoms with Gasteiger partial charge in [0, 0.05) is 17.5 Å². The van der Waals surface area contributed by atoms with Gasteiger partial charge >= 0.3 is 5.97 Å². The van der Waals surface area contributed by atoms with Crippen molar-refractivity contribution >= 4 is 11.9 Å². The number of benzene rings is 1. The van der Waals surface area contributed by atoms with Gasteiger partial charge in [0.25, 0.3) is 5.91 Å². The molecule has 1 aromatic rings. The number of carbonyl (C=O) groups is 2. The number of rotatable bonds is 5. The third-order valence-electron chi connectivity index (χ3n) is 5.12. The van der Waals surface area contributed by atoms with Crippen LogP contribution in [0.1, 0.15) is 42.5 Å². The van der Waals surface area contributed by atoms with Crippen molar-refractivity contribution in [3.63, 3.8) is 0 Å². The Morgan fingerprint density at radius 2 is 1.88 bits per heavy atom. The summed E-state index contributed by atoms with van der Waals surface area (Å²) in [7, 11) is 0. The number of carbonyl (C=O) groups excluding carboxylic acids is 2. The van der Waals surface area contributed by atoms with Crippen molar-refractivity contribution in [3.05, 3.63) is 35.9 Å². The molecule has 0 spiro atoms. The van der Waals surface area contributed by atoms with Gasteiger partial charge in [-0.15, -0.1) is 0 Å². The highest BCUT2D eigenvalue weighted by Gasteiger charge is 2.33. The van der Waals surface area contributed by atoms with E-state index in [2.05, 4.69) is 10.2 Å². The van der Waals surface area contributed by atoms with E-state index in [4.69, 9.17) is 4.74 Å². The summed E-state index contributed by atoms with van der Waals surface area (Å²) in [6.07, 6.45) is 6.09. The van der Waals surface area contributed by atoms with E-state index in [0.29, 0.717) is 24.1 Å². The summed E-state index contributed by atoms with van der Waals surface area (Å²) in [5, 5.41) is 2.62. The van der Waals surface area contributed by atoms with Crippen LogP contribution in [-0.4, -0.2) is 49.1 Å². The van der Waals surface area contributed by atoms with E-state index >= 15 is 0 Å². The molecule has 2 saturated heterocycles. The number of fused-ring (bicyclic) bond motifs is 1. The average Bonchev–Trinajstić information content (AvgIpc) is 2.65. The Bertz CT molecular complexity index is 559. The lowest BCUT2D eigenvalue weighted by Gasteiger charge is -2.44. The number of piperidine rings is 2.